The van der Waals surface area contributed by atoms with E-state index in [4.69, 9.17) is 9.47 Å². The maximum absolute atomic E-state index is 13.9. The normalized spacial score (nSPS) is 17.5. The number of nitrogens with one attached hydrogen (secondary N) is 1. The van der Waals surface area contributed by atoms with Gasteiger partial charge in [0.2, 0.25) is 32.7 Å². The predicted molar refractivity (Wildman–Crippen MR) is 188 cm³/mol. The summed E-state index contributed by atoms with van der Waals surface area (Å²) >= 11 is 0. The molecule has 3 aromatic rings. The first-order valence-electron chi connectivity index (χ1n) is 16.8. The lowest BCUT2D eigenvalue weighted by molar-refractivity contribution is -0.125. The van der Waals surface area contributed by atoms with Crippen molar-refractivity contribution < 1.29 is 36.2 Å². The molecular weight excluding hydrogens is 683 g/mol. The van der Waals surface area contributed by atoms with Crippen LogP contribution in [0.1, 0.15) is 32.0 Å². The van der Waals surface area contributed by atoms with Gasteiger partial charge in [-0.15, -0.1) is 0 Å². The number of benzene rings is 2. The SMILES string of the molecule is CC(C)CN(C[C@@H](O)[C@H](Cc1ccccc1)NC(=O)[C@H](C)CS(=O)(=O)N1CCN(Cc2ccccn2)CC1)S(=O)(=O)c1ccc2c(c1)OCO2. The van der Waals surface area contributed by atoms with Gasteiger partial charge in [0.1, 0.15) is 0 Å². The van der Waals surface area contributed by atoms with Gasteiger partial charge in [-0.25, -0.2) is 16.8 Å². The van der Waals surface area contributed by atoms with E-state index in [9.17, 15) is 26.7 Å². The van der Waals surface area contributed by atoms with E-state index in [0.29, 0.717) is 44.2 Å². The molecule has 2 aromatic carbocycles. The third-order valence-electron chi connectivity index (χ3n) is 8.78. The van der Waals surface area contributed by atoms with Crippen LogP contribution in [0.4, 0.5) is 0 Å². The Kier molecular flexibility index (Phi) is 12.5. The maximum Gasteiger partial charge on any atom is 0.243 e. The molecule has 2 aliphatic rings. The molecule has 1 aromatic heterocycles. The summed E-state index contributed by atoms with van der Waals surface area (Å²) in [5.41, 5.74) is 1.73. The quantitative estimate of drug-likeness (QED) is 0.224. The number of piperazine rings is 1. The van der Waals surface area contributed by atoms with E-state index in [2.05, 4.69) is 15.2 Å². The van der Waals surface area contributed by atoms with E-state index < -0.39 is 49.8 Å². The molecular formula is C35H47N5O8S2. The Morgan fingerprint density at radius 3 is 2.30 bits per heavy atom. The summed E-state index contributed by atoms with van der Waals surface area (Å²) in [4.78, 5) is 20.1. The monoisotopic (exact) mass is 729 g/mol. The first-order valence-corrected chi connectivity index (χ1v) is 19.9. The van der Waals surface area contributed by atoms with Crippen molar-refractivity contribution in [1.82, 2.24) is 23.8 Å². The highest BCUT2D eigenvalue weighted by Crippen LogP contribution is 2.35. The molecule has 0 aliphatic carbocycles. The minimum Gasteiger partial charge on any atom is -0.454 e. The number of sulfonamides is 2. The number of ether oxygens (including phenoxy) is 2. The zero-order chi connectivity index (χ0) is 35.9. The summed E-state index contributed by atoms with van der Waals surface area (Å²) < 4.78 is 68.0. The minimum absolute atomic E-state index is 0.00282. The number of aliphatic hydroxyl groups is 1. The molecule has 0 unspecified atom stereocenters. The van der Waals surface area contributed by atoms with Crippen molar-refractivity contribution in [2.75, 3.05) is 51.8 Å². The molecule has 0 bridgehead atoms. The van der Waals surface area contributed by atoms with Gasteiger partial charge in [-0.2, -0.15) is 8.61 Å². The zero-order valence-corrected chi connectivity index (χ0v) is 30.4. The minimum atomic E-state index is -4.09. The standard InChI is InChI=1S/C35H47N5O8S2/c1-26(2)21-40(50(45,46)30-12-13-33-34(20-30)48-25-47-33)23-32(41)31(19-28-9-5-4-6-10-28)37-35(42)27(3)24-49(43,44)39-17-15-38(16-18-39)22-29-11-7-8-14-36-29/h4-14,20,26-27,31-32,41H,15-19,21-25H2,1-3H3,(H,37,42)/t27-,31+,32-/m1/s1. The van der Waals surface area contributed by atoms with Crippen molar-refractivity contribution in [3.8, 4) is 11.5 Å². The molecule has 1 fully saturated rings. The van der Waals surface area contributed by atoms with Gasteiger partial charge in [-0.05, 0) is 42.2 Å². The second-order valence-electron chi connectivity index (χ2n) is 13.3. The van der Waals surface area contributed by atoms with E-state index >= 15 is 0 Å². The maximum atomic E-state index is 13.9. The number of pyridine rings is 1. The molecule has 272 valence electrons. The van der Waals surface area contributed by atoms with Gasteiger partial charge >= 0.3 is 0 Å². The fourth-order valence-electron chi connectivity index (χ4n) is 6.06. The van der Waals surface area contributed by atoms with Gasteiger partial charge in [0, 0.05) is 58.1 Å². The van der Waals surface area contributed by atoms with Crippen LogP contribution in [0.15, 0.2) is 77.8 Å². The predicted octanol–water partition coefficient (Wildman–Crippen LogP) is 2.33. The number of carbonyl (C=O) groups is 1. The summed E-state index contributed by atoms with van der Waals surface area (Å²) in [6, 6.07) is 18.4. The highest BCUT2D eigenvalue weighted by molar-refractivity contribution is 7.89. The Balaban J connectivity index is 1.26. The molecule has 0 radical (unpaired) electrons. The summed E-state index contributed by atoms with van der Waals surface area (Å²) in [6.45, 7) is 7.44. The smallest absolute Gasteiger partial charge is 0.243 e. The number of aliphatic hydroxyl groups excluding tert-OH is 1. The van der Waals surface area contributed by atoms with E-state index in [-0.39, 0.29) is 37.1 Å². The van der Waals surface area contributed by atoms with Crippen molar-refractivity contribution in [1.29, 1.82) is 0 Å². The Labute approximate surface area is 295 Å². The van der Waals surface area contributed by atoms with Crippen LogP contribution in [-0.4, -0.2) is 110 Å². The lowest BCUT2D eigenvalue weighted by Gasteiger charge is -2.34. The lowest BCUT2D eigenvalue weighted by Crippen LogP contribution is -2.53. The van der Waals surface area contributed by atoms with Crippen LogP contribution in [-0.2, 0) is 37.8 Å². The third kappa shape index (κ3) is 9.80. The van der Waals surface area contributed by atoms with Gasteiger partial charge in [-0.3, -0.25) is 14.7 Å². The van der Waals surface area contributed by atoms with Gasteiger partial charge in [0.15, 0.2) is 11.5 Å². The van der Waals surface area contributed by atoms with Crippen LogP contribution in [0, 0.1) is 11.8 Å². The fourth-order valence-corrected chi connectivity index (χ4v) is 9.41. The molecule has 2 N–H and O–H groups in total. The first kappa shape index (κ1) is 37.7. The van der Waals surface area contributed by atoms with Crippen LogP contribution >= 0.6 is 0 Å². The van der Waals surface area contributed by atoms with E-state index in [1.54, 1.807) is 13.1 Å². The van der Waals surface area contributed by atoms with Crippen LogP contribution in [0.2, 0.25) is 0 Å². The molecule has 50 heavy (non-hydrogen) atoms. The summed E-state index contributed by atoms with van der Waals surface area (Å²) in [7, 11) is -7.85. The molecule has 15 heteroatoms. The van der Waals surface area contributed by atoms with E-state index in [0.717, 1.165) is 11.3 Å². The van der Waals surface area contributed by atoms with Crippen LogP contribution in [0.5, 0.6) is 11.5 Å². The number of carbonyl (C=O) groups excluding carboxylic acids is 1. The van der Waals surface area contributed by atoms with Gasteiger partial charge < -0.3 is 19.9 Å². The van der Waals surface area contributed by atoms with Crippen molar-refractivity contribution >= 4 is 26.0 Å². The molecule has 3 heterocycles. The molecule has 1 saturated heterocycles. The highest BCUT2D eigenvalue weighted by atomic mass is 32.2. The topological polar surface area (TPSA) is 159 Å². The number of hydrogen-bond acceptors (Lipinski definition) is 10. The van der Waals surface area contributed by atoms with Gasteiger partial charge in [0.05, 0.1) is 34.4 Å². The van der Waals surface area contributed by atoms with Crippen LogP contribution in [0.25, 0.3) is 0 Å². The Morgan fingerprint density at radius 1 is 0.920 bits per heavy atom. The summed E-state index contributed by atoms with van der Waals surface area (Å²) in [5.74, 6) is -1.18. The molecule has 2 aliphatic heterocycles. The fraction of sp³-hybridized carbons (Fsp3) is 0.486. The average Bonchev–Trinajstić information content (AvgIpc) is 3.57. The van der Waals surface area contributed by atoms with Crippen LogP contribution < -0.4 is 14.8 Å². The second kappa shape index (κ2) is 16.6. The molecule has 1 amide bonds. The van der Waals surface area contributed by atoms with Crippen molar-refractivity contribution in [2.45, 2.75) is 50.8 Å². The highest BCUT2D eigenvalue weighted by Gasteiger charge is 2.35. The number of nitrogens with zero attached hydrogens (tertiary/aromatic N) is 4. The summed E-state index contributed by atoms with van der Waals surface area (Å²) in [6.07, 6.45) is 0.611. The first-order chi connectivity index (χ1) is 23.8. The molecule has 0 saturated carbocycles. The third-order valence-corrected chi connectivity index (χ3v) is 12.7. The van der Waals surface area contributed by atoms with Crippen molar-refractivity contribution in [2.24, 2.45) is 11.8 Å². The summed E-state index contributed by atoms with van der Waals surface area (Å²) in [5, 5.41) is 14.5. The van der Waals surface area contributed by atoms with Gasteiger partial charge in [-0.1, -0.05) is 57.2 Å². The number of fused-ring (bicyclic) bond motifs is 1. The van der Waals surface area contributed by atoms with Crippen molar-refractivity contribution in [3.05, 3.63) is 84.2 Å². The zero-order valence-electron chi connectivity index (χ0n) is 28.7. The largest absolute Gasteiger partial charge is 0.454 e. The average molecular weight is 730 g/mol. The molecule has 13 nitrogen and oxygen atoms in total. The number of rotatable bonds is 16. The van der Waals surface area contributed by atoms with Gasteiger partial charge in [0.25, 0.3) is 0 Å². The molecule has 5 rings (SSSR count). The number of amides is 1. The van der Waals surface area contributed by atoms with E-state index in [1.807, 2.05) is 62.4 Å². The Hall–Kier alpha value is -3.60. The Bertz CT molecular complexity index is 1790. The van der Waals surface area contributed by atoms with E-state index in [1.165, 1.54) is 26.8 Å². The number of aromatic nitrogens is 1. The second-order valence-corrected chi connectivity index (χ2v) is 17.2. The van der Waals surface area contributed by atoms with Crippen LogP contribution in [0.3, 0.4) is 0 Å². The number of hydrogen-bond donors (Lipinski definition) is 2. The molecule has 3 atom stereocenters. The van der Waals surface area contributed by atoms with Crippen molar-refractivity contribution in [3.63, 3.8) is 0 Å². The Morgan fingerprint density at radius 2 is 1.62 bits per heavy atom. The lowest BCUT2D eigenvalue weighted by atomic mass is 10.00. The molecule has 0 spiro atoms.